The largest absolute Gasteiger partial charge is 0.329 e. The van der Waals surface area contributed by atoms with Crippen LogP contribution in [0.3, 0.4) is 0 Å². The van der Waals surface area contributed by atoms with E-state index in [2.05, 4.69) is 9.08 Å². The monoisotopic (exact) mass is 225 g/mol. The fourth-order valence-electron chi connectivity index (χ4n) is 1.12. The van der Waals surface area contributed by atoms with Gasteiger partial charge in [-0.3, -0.25) is 8.74 Å². The van der Waals surface area contributed by atoms with E-state index in [9.17, 15) is 4.21 Å². The van der Waals surface area contributed by atoms with E-state index in [1.165, 1.54) is 0 Å². The normalized spacial score (nSPS) is 13.4. The lowest BCUT2D eigenvalue weighted by atomic mass is 10.3. The molecule has 0 fully saturated rings. The molecule has 0 saturated carbocycles. The first-order valence-corrected chi connectivity index (χ1v) is 5.60. The highest BCUT2D eigenvalue weighted by Crippen LogP contribution is 1.91. The van der Waals surface area contributed by atoms with Crippen molar-refractivity contribution in [2.24, 2.45) is 11.5 Å². The van der Waals surface area contributed by atoms with Gasteiger partial charge in [0.25, 0.3) is 0 Å². The maximum absolute atomic E-state index is 10.1. The van der Waals surface area contributed by atoms with Crippen LogP contribution in [0.4, 0.5) is 0 Å². The average Bonchev–Trinajstić information content (AvgIpc) is 2.12. The molecule has 14 heavy (non-hydrogen) atoms. The summed E-state index contributed by atoms with van der Waals surface area (Å²) in [7, 11) is 0. The Morgan fingerprint density at radius 3 is 2.21 bits per heavy atom. The van der Waals surface area contributed by atoms with Crippen molar-refractivity contribution in [3.05, 3.63) is 0 Å². The third kappa shape index (κ3) is 8.54. The highest BCUT2D eigenvalue weighted by Gasteiger charge is 2.02. The van der Waals surface area contributed by atoms with Crippen LogP contribution in [0.25, 0.3) is 0 Å². The molecule has 0 saturated heterocycles. The van der Waals surface area contributed by atoms with Crippen LogP contribution in [0.2, 0.25) is 0 Å². The number of nitrogens with two attached hydrogens (primary N) is 2. The van der Waals surface area contributed by atoms with Crippen LogP contribution in [0.15, 0.2) is 0 Å². The number of rotatable bonds is 9. The molecule has 1 atom stereocenters. The van der Waals surface area contributed by atoms with Crippen LogP contribution in [0.1, 0.15) is 6.42 Å². The van der Waals surface area contributed by atoms with E-state index in [1.807, 2.05) is 0 Å². The Hall–Kier alpha value is -0.0500. The molecule has 0 spiro atoms. The van der Waals surface area contributed by atoms with Gasteiger partial charge in [-0.1, -0.05) is 0 Å². The molecular formula is C7H19N3O3S. The van der Waals surface area contributed by atoms with Crippen molar-refractivity contribution >= 4 is 11.4 Å². The Bertz CT molecular complexity index is 153. The predicted molar refractivity (Wildman–Crippen MR) is 55.9 cm³/mol. The SMILES string of the molecule is NCCN(CCN)CCCOS(=O)O. The minimum atomic E-state index is -2.16. The van der Waals surface area contributed by atoms with Gasteiger partial charge in [-0.05, 0) is 6.42 Å². The molecular weight excluding hydrogens is 206 g/mol. The van der Waals surface area contributed by atoms with E-state index in [-0.39, 0.29) is 6.61 Å². The van der Waals surface area contributed by atoms with E-state index in [0.717, 1.165) is 19.6 Å². The standard InChI is InChI=1S/C7H19N3O3S/c8-2-5-10(6-3-9)4-1-7-13-14(11)12/h1-9H2,(H,11,12). The third-order valence-electron chi connectivity index (χ3n) is 1.69. The lowest BCUT2D eigenvalue weighted by Gasteiger charge is -2.19. The number of hydrogen-bond donors (Lipinski definition) is 3. The van der Waals surface area contributed by atoms with E-state index in [1.54, 1.807) is 0 Å². The van der Waals surface area contributed by atoms with E-state index < -0.39 is 11.4 Å². The Balaban J connectivity index is 3.44. The Morgan fingerprint density at radius 2 is 1.79 bits per heavy atom. The minimum absolute atomic E-state index is 0.273. The van der Waals surface area contributed by atoms with E-state index >= 15 is 0 Å². The van der Waals surface area contributed by atoms with Crippen molar-refractivity contribution < 1.29 is 12.9 Å². The van der Waals surface area contributed by atoms with Gasteiger partial charge in [-0.15, -0.1) is 0 Å². The zero-order valence-corrected chi connectivity index (χ0v) is 9.04. The van der Waals surface area contributed by atoms with Crippen LogP contribution >= 0.6 is 0 Å². The van der Waals surface area contributed by atoms with Gasteiger partial charge in [0.15, 0.2) is 0 Å². The molecule has 0 aliphatic carbocycles. The maximum atomic E-state index is 10.1. The Kier molecular flexibility index (Phi) is 9.47. The van der Waals surface area contributed by atoms with Crippen molar-refractivity contribution in [3.8, 4) is 0 Å². The summed E-state index contributed by atoms with van der Waals surface area (Å²) in [6.07, 6.45) is 0.701. The fraction of sp³-hybridized carbons (Fsp3) is 1.00. The summed E-state index contributed by atoms with van der Waals surface area (Å²) in [4.78, 5) is 2.10. The second-order valence-electron chi connectivity index (χ2n) is 2.81. The molecule has 1 unspecified atom stereocenters. The molecule has 0 amide bonds. The predicted octanol–water partition coefficient (Wildman–Crippen LogP) is -1.25. The molecule has 0 aliphatic rings. The molecule has 0 aromatic carbocycles. The lowest BCUT2D eigenvalue weighted by molar-refractivity contribution is 0.241. The smallest absolute Gasteiger partial charge is 0.301 e. The topological polar surface area (TPSA) is 102 Å². The van der Waals surface area contributed by atoms with Crippen LogP contribution in [-0.2, 0) is 15.5 Å². The van der Waals surface area contributed by atoms with Crippen molar-refractivity contribution in [2.45, 2.75) is 6.42 Å². The van der Waals surface area contributed by atoms with Crippen molar-refractivity contribution in [1.29, 1.82) is 0 Å². The van der Waals surface area contributed by atoms with Gasteiger partial charge in [-0.2, -0.15) is 4.21 Å². The maximum Gasteiger partial charge on any atom is 0.301 e. The van der Waals surface area contributed by atoms with Gasteiger partial charge in [0, 0.05) is 32.7 Å². The molecule has 0 heterocycles. The first kappa shape index (κ1) is 13.9. The molecule has 0 bridgehead atoms. The molecule has 0 aliphatic heterocycles. The van der Waals surface area contributed by atoms with Gasteiger partial charge in [0.2, 0.25) is 0 Å². The minimum Gasteiger partial charge on any atom is -0.329 e. The van der Waals surface area contributed by atoms with Crippen LogP contribution in [0, 0.1) is 0 Å². The summed E-state index contributed by atoms with van der Waals surface area (Å²) >= 11 is -2.16. The fourth-order valence-corrected chi connectivity index (χ4v) is 1.38. The van der Waals surface area contributed by atoms with Gasteiger partial charge >= 0.3 is 11.4 Å². The Labute approximate surface area is 87.1 Å². The van der Waals surface area contributed by atoms with Gasteiger partial charge in [0.1, 0.15) is 0 Å². The van der Waals surface area contributed by atoms with Gasteiger partial charge in [0.05, 0.1) is 6.61 Å². The van der Waals surface area contributed by atoms with Crippen molar-refractivity contribution in [1.82, 2.24) is 4.90 Å². The summed E-state index contributed by atoms with van der Waals surface area (Å²) in [5, 5.41) is 0. The Morgan fingerprint density at radius 1 is 1.21 bits per heavy atom. The molecule has 0 rings (SSSR count). The molecule has 7 heteroatoms. The molecule has 5 N–H and O–H groups in total. The first-order chi connectivity index (χ1) is 6.70. The summed E-state index contributed by atoms with van der Waals surface area (Å²) in [5.41, 5.74) is 10.8. The number of nitrogens with zero attached hydrogens (tertiary/aromatic N) is 1. The summed E-state index contributed by atoms with van der Waals surface area (Å²) in [5.74, 6) is 0. The summed E-state index contributed by atoms with van der Waals surface area (Å²) in [6.45, 7) is 3.82. The van der Waals surface area contributed by atoms with E-state index in [4.69, 9.17) is 16.0 Å². The molecule has 6 nitrogen and oxygen atoms in total. The highest BCUT2D eigenvalue weighted by molar-refractivity contribution is 7.74. The van der Waals surface area contributed by atoms with Crippen molar-refractivity contribution in [2.75, 3.05) is 39.3 Å². The summed E-state index contributed by atoms with van der Waals surface area (Å²) < 4.78 is 22.9. The third-order valence-corrected chi connectivity index (χ3v) is 2.06. The van der Waals surface area contributed by atoms with Crippen LogP contribution in [0.5, 0.6) is 0 Å². The van der Waals surface area contributed by atoms with Crippen molar-refractivity contribution in [3.63, 3.8) is 0 Å². The zero-order valence-electron chi connectivity index (χ0n) is 8.22. The van der Waals surface area contributed by atoms with E-state index in [0.29, 0.717) is 19.5 Å². The van der Waals surface area contributed by atoms with Crippen LogP contribution < -0.4 is 11.5 Å². The first-order valence-electron chi connectivity index (χ1n) is 4.57. The quantitative estimate of drug-likeness (QED) is 0.335. The van der Waals surface area contributed by atoms with Crippen LogP contribution in [-0.4, -0.2) is 53.0 Å². The average molecular weight is 225 g/mol. The highest BCUT2D eigenvalue weighted by atomic mass is 32.2. The van der Waals surface area contributed by atoms with Gasteiger partial charge < -0.3 is 16.4 Å². The van der Waals surface area contributed by atoms with Gasteiger partial charge in [-0.25, -0.2) is 0 Å². The molecule has 0 radical (unpaired) electrons. The lowest BCUT2D eigenvalue weighted by Crippen LogP contribution is -2.35. The summed E-state index contributed by atoms with van der Waals surface area (Å²) in [6, 6.07) is 0. The molecule has 0 aromatic heterocycles. The second-order valence-corrected chi connectivity index (χ2v) is 3.48. The second kappa shape index (κ2) is 9.50. The number of hydrogen-bond acceptors (Lipinski definition) is 5. The molecule has 86 valence electrons. The molecule has 0 aromatic rings. The zero-order chi connectivity index (χ0) is 10.8.